The number of hydrogen-bond donors (Lipinski definition) is 4. The first-order chi connectivity index (χ1) is 20.7. The molecule has 0 radical (unpaired) electrons. The molecule has 1 saturated carbocycles. The van der Waals surface area contributed by atoms with Gasteiger partial charge in [-0.1, -0.05) is 37.8 Å². The van der Waals surface area contributed by atoms with Crippen molar-refractivity contribution in [1.29, 1.82) is 5.41 Å². The van der Waals surface area contributed by atoms with Crippen molar-refractivity contribution >= 4 is 22.9 Å². The summed E-state index contributed by atoms with van der Waals surface area (Å²) in [5.41, 5.74) is 10.4. The molecule has 3 rings (SSSR count). The SMILES string of the molecule is COCCOCCOC/C(N)=C(/C(C)=N)c1ccc(NC(=O)[C@@H](NC(C)c2ccnn2C(C)C)C2CCCCCC2)cc1. The number of amides is 1. The van der Waals surface area contributed by atoms with Crippen molar-refractivity contribution in [1.82, 2.24) is 15.1 Å². The van der Waals surface area contributed by atoms with Crippen LogP contribution in [0.3, 0.4) is 0 Å². The summed E-state index contributed by atoms with van der Waals surface area (Å²) in [6, 6.07) is 9.43. The van der Waals surface area contributed by atoms with Crippen LogP contribution in [0.4, 0.5) is 5.69 Å². The number of benzene rings is 1. The van der Waals surface area contributed by atoms with Gasteiger partial charge >= 0.3 is 0 Å². The summed E-state index contributed by atoms with van der Waals surface area (Å²) < 4.78 is 18.1. The molecule has 10 heteroatoms. The summed E-state index contributed by atoms with van der Waals surface area (Å²) in [6.07, 6.45) is 8.63. The zero-order chi connectivity index (χ0) is 31.2. The number of anilines is 1. The summed E-state index contributed by atoms with van der Waals surface area (Å²) >= 11 is 0. The number of ether oxygens (including phenoxy) is 3. The van der Waals surface area contributed by atoms with Gasteiger partial charge in [-0.15, -0.1) is 0 Å². The second-order valence-electron chi connectivity index (χ2n) is 11.7. The third-order valence-electron chi connectivity index (χ3n) is 7.92. The van der Waals surface area contributed by atoms with E-state index >= 15 is 0 Å². The van der Waals surface area contributed by atoms with Crippen molar-refractivity contribution in [3.63, 3.8) is 0 Å². The Balaban J connectivity index is 1.70. The number of hydrogen-bond acceptors (Lipinski definition) is 8. The second kappa shape index (κ2) is 17.9. The number of allylic oxidation sites excluding steroid dienone is 1. The molecular formula is C33H52N6O4. The van der Waals surface area contributed by atoms with E-state index in [1.54, 1.807) is 14.0 Å². The molecule has 1 amide bonds. The minimum Gasteiger partial charge on any atom is -0.400 e. The molecule has 5 N–H and O–H groups in total. The van der Waals surface area contributed by atoms with Gasteiger partial charge in [0.2, 0.25) is 5.91 Å². The van der Waals surface area contributed by atoms with Crippen LogP contribution in [0, 0.1) is 11.3 Å². The number of nitrogens with two attached hydrogens (primary N) is 1. The van der Waals surface area contributed by atoms with Gasteiger partial charge in [-0.3, -0.25) is 14.8 Å². The van der Waals surface area contributed by atoms with Crippen molar-refractivity contribution in [2.75, 3.05) is 45.5 Å². The maximum Gasteiger partial charge on any atom is 0.241 e. The van der Waals surface area contributed by atoms with Gasteiger partial charge in [-0.05, 0) is 70.2 Å². The largest absolute Gasteiger partial charge is 0.400 e. The molecule has 0 saturated heterocycles. The average molecular weight is 597 g/mol. The van der Waals surface area contributed by atoms with E-state index in [1.165, 1.54) is 12.8 Å². The quantitative estimate of drug-likeness (QED) is 0.108. The molecule has 1 unspecified atom stereocenters. The van der Waals surface area contributed by atoms with Crippen LogP contribution in [-0.2, 0) is 19.0 Å². The van der Waals surface area contributed by atoms with E-state index in [9.17, 15) is 4.79 Å². The maximum absolute atomic E-state index is 13.8. The van der Waals surface area contributed by atoms with E-state index in [2.05, 4.69) is 36.5 Å². The lowest BCUT2D eigenvalue weighted by atomic mass is 9.90. The first kappa shape index (κ1) is 34.4. The topological polar surface area (TPSA) is 137 Å². The van der Waals surface area contributed by atoms with E-state index < -0.39 is 0 Å². The standard InChI is InChI=1S/C33H52N6O4/c1-23(2)39-30(16-17-36-39)25(4)37-32(27-10-8-6-7-9-11-27)33(40)38-28-14-12-26(13-15-28)31(24(3)34)29(35)22-43-21-20-42-19-18-41-5/h12-17,23,25,27,32,34,37H,6-11,18-22,35H2,1-5H3,(H,38,40)/b31-29+,34-24?/t25?,32-/m0/s1. The normalized spacial score (nSPS) is 16.4. The first-order valence-corrected chi connectivity index (χ1v) is 15.6. The summed E-state index contributed by atoms with van der Waals surface area (Å²) in [6.45, 7) is 10.1. The predicted molar refractivity (Wildman–Crippen MR) is 172 cm³/mol. The van der Waals surface area contributed by atoms with Gasteiger partial charge in [0.25, 0.3) is 0 Å². The van der Waals surface area contributed by atoms with E-state index in [0.717, 1.165) is 36.9 Å². The van der Waals surface area contributed by atoms with Crippen LogP contribution < -0.4 is 16.4 Å². The predicted octanol–water partition coefficient (Wildman–Crippen LogP) is 5.48. The minimum atomic E-state index is -0.325. The fraction of sp³-hybridized carbons (Fsp3) is 0.606. The second-order valence-corrected chi connectivity index (χ2v) is 11.7. The molecule has 0 bridgehead atoms. The molecule has 1 heterocycles. The van der Waals surface area contributed by atoms with Crippen LogP contribution in [-0.4, -0.2) is 67.6 Å². The summed E-state index contributed by atoms with van der Waals surface area (Å²) in [4.78, 5) is 13.8. The third kappa shape index (κ3) is 10.6. The number of carbonyl (C=O) groups is 1. The van der Waals surface area contributed by atoms with Crippen molar-refractivity contribution in [3.05, 3.63) is 53.5 Å². The Morgan fingerprint density at radius 1 is 1.02 bits per heavy atom. The fourth-order valence-corrected chi connectivity index (χ4v) is 5.72. The van der Waals surface area contributed by atoms with Gasteiger partial charge in [-0.25, -0.2) is 0 Å². The van der Waals surface area contributed by atoms with Gasteiger partial charge < -0.3 is 30.7 Å². The third-order valence-corrected chi connectivity index (χ3v) is 7.92. The molecule has 0 aliphatic heterocycles. The molecule has 43 heavy (non-hydrogen) atoms. The fourth-order valence-electron chi connectivity index (χ4n) is 5.72. The lowest BCUT2D eigenvalue weighted by Gasteiger charge is -2.30. The van der Waals surface area contributed by atoms with Crippen LogP contribution in [0.15, 0.2) is 42.2 Å². The number of methoxy groups -OCH3 is 1. The summed E-state index contributed by atoms with van der Waals surface area (Å²) in [7, 11) is 1.63. The zero-order valence-electron chi connectivity index (χ0n) is 26.7. The van der Waals surface area contributed by atoms with Crippen molar-refractivity contribution < 1.29 is 19.0 Å². The summed E-state index contributed by atoms with van der Waals surface area (Å²) in [5, 5.41) is 19.7. The van der Waals surface area contributed by atoms with Crippen LogP contribution in [0.25, 0.3) is 5.57 Å². The molecule has 2 atom stereocenters. The molecule has 1 aliphatic carbocycles. The van der Waals surface area contributed by atoms with Crippen molar-refractivity contribution in [2.24, 2.45) is 11.7 Å². The van der Waals surface area contributed by atoms with Gasteiger partial charge in [-0.2, -0.15) is 5.10 Å². The molecule has 10 nitrogen and oxygen atoms in total. The molecule has 1 aromatic heterocycles. The first-order valence-electron chi connectivity index (χ1n) is 15.6. The van der Waals surface area contributed by atoms with E-state index in [4.69, 9.17) is 25.4 Å². The Hall–Kier alpha value is -3.05. The number of rotatable bonds is 17. The molecule has 1 fully saturated rings. The van der Waals surface area contributed by atoms with Crippen LogP contribution >= 0.6 is 0 Å². The number of carbonyl (C=O) groups excluding carboxylic acids is 1. The zero-order valence-corrected chi connectivity index (χ0v) is 26.7. The van der Waals surface area contributed by atoms with E-state index in [0.29, 0.717) is 49.1 Å². The lowest BCUT2D eigenvalue weighted by molar-refractivity contribution is -0.119. The van der Waals surface area contributed by atoms with E-state index in [-0.39, 0.29) is 36.6 Å². The molecular weight excluding hydrogens is 544 g/mol. The highest BCUT2D eigenvalue weighted by Gasteiger charge is 2.31. The highest BCUT2D eigenvalue weighted by atomic mass is 16.5. The Kier molecular flexibility index (Phi) is 14.4. The molecule has 238 valence electrons. The smallest absolute Gasteiger partial charge is 0.241 e. The lowest BCUT2D eigenvalue weighted by Crippen LogP contribution is -2.47. The molecule has 2 aromatic rings. The monoisotopic (exact) mass is 596 g/mol. The Morgan fingerprint density at radius 2 is 1.67 bits per heavy atom. The number of aromatic nitrogens is 2. The highest BCUT2D eigenvalue weighted by molar-refractivity contribution is 6.22. The van der Waals surface area contributed by atoms with Crippen molar-refractivity contribution in [2.45, 2.75) is 84.3 Å². The van der Waals surface area contributed by atoms with Gasteiger partial charge in [0.05, 0.1) is 44.8 Å². The Labute approximate surface area is 257 Å². The summed E-state index contributed by atoms with van der Waals surface area (Å²) in [5.74, 6) is 0.238. The Morgan fingerprint density at radius 3 is 2.30 bits per heavy atom. The number of nitrogens with one attached hydrogen (secondary N) is 3. The van der Waals surface area contributed by atoms with Crippen LogP contribution in [0.2, 0.25) is 0 Å². The molecule has 1 aromatic carbocycles. The molecule has 0 spiro atoms. The van der Waals surface area contributed by atoms with Gasteiger partial charge in [0.15, 0.2) is 0 Å². The van der Waals surface area contributed by atoms with E-state index in [1.807, 2.05) is 41.2 Å². The van der Waals surface area contributed by atoms with Crippen molar-refractivity contribution in [3.8, 4) is 0 Å². The average Bonchev–Trinajstić information content (AvgIpc) is 3.33. The van der Waals surface area contributed by atoms with Crippen LogP contribution in [0.5, 0.6) is 0 Å². The Bertz CT molecular complexity index is 1170. The maximum atomic E-state index is 13.8. The van der Waals surface area contributed by atoms with Gasteiger partial charge in [0, 0.05) is 48.1 Å². The van der Waals surface area contributed by atoms with Crippen LogP contribution in [0.1, 0.15) is 89.6 Å². The highest BCUT2D eigenvalue weighted by Crippen LogP contribution is 2.29. The molecule has 1 aliphatic rings. The minimum absolute atomic E-state index is 0.0262. The number of nitrogens with zero attached hydrogens (tertiary/aromatic N) is 2. The van der Waals surface area contributed by atoms with Gasteiger partial charge in [0.1, 0.15) is 0 Å².